The van der Waals surface area contributed by atoms with E-state index in [9.17, 15) is 13.2 Å². The van der Waals surface area contributed by atoms with E-state index in [4.69, 9.17) is 9.15 Å². The monoisotopic (exact) mass is 253 g/mol. The Morgan fingerprint density at radius 2 is 2.00 bits per heavy atom. The molecule has 2 heterocycles. The molecule has 2 aromatic rings. The van der Waals surface area contributed by atoms with Gasteiger partial charge in [-0.15, -0.1) is 0 Å². The summed E-state index contributed by atoms with van der Waals surface area (Å²) in [7, 11) is 0. The molecule has 1 aromatic heterocycles. The van der Waals surface area contributed by atoms with Gasteiger partial charge in [-0.2, -0.15) is 13.2 Å². The second-order valence-electron chi connectivity index (χ2n) is 4.01. The van der Waals surface area contributed by atoms with E-state index in [0.717, 1.165) is 12.1 Å². The maximum Gasteiger partial charge on any atom is 0.416 e. The first kappa shape index (κ1) is 11.2. The fourth-order valence-electron chi connectivity index (χ4n) is 1.99. The molecule has 5 heteroatoms. The van der Waals surface area contributed by atoms with Gasteiger partial charge < -0.3 is 9.15 Å². The summed E-state index contributed by atoms with van der Waals surface area (Å²) in [5, 5.41) is 0. The van der Waals surface area contributed by atoms with Crippen molar-refractivity contribution in [1.29, 1.82) is 0 Å². The molecule has 0 N–H and O–H groups in total. The third kappa shape index (κ3) is 1.75. The number of hydrogen-bond acceptors (Lipinski definition) is 2. The Kier molecular flexibility index (Phi) is 2.36. The van der Waals surface area contributed by atoms with E-state index in [0.29, 0.717) is 28.9 Å². The minimum Gasteiger partial charge on any atom is -0.485 e. The summed E-state index contributed by atoms with van der Waals surface area (Å²) in [6.45, 7) is 1.49. The third-order valence-electron chi connectivity index (χ3n) is 2.83. The zero-order chi connectivity index (χ0) is 12.8. The molecule has 1 aliphatic rings. The van der Waals surface area contributed by atoms with Crippen molar-refractivity contribution in [2.24, 2.45) is 0 Å². The predicted octanol–water partition coefficient (Wildman–Crippen LogP) is 4.06. The second-order valence-corrected chi connectivity index (χ2v) is 4.01. The minimum absolute atomic E-state index is 0.379. The summed E-state index contributed by atoms with van der Waals surface area (Å²) >= 11 is 0. The number of hydrogen-bond donors (Lipinski definition) is 0. The van der Waals surface area contributed by atoms with Crippen LogP contribution in [0.1, 0.15) is 11.1 Å². The van der Waals surface area contributed by atoms with Crippen LogP contribution >= 0.6 is 0 Å². The van der Waals surface area contributed by atoms with Crippen molar-refractivity contribution in [2.75, 3.05) is 0 Å². The lowest BCUT2D eigenvalue weighted by Crippen LogP contribution is -2.05. The summed E-state index contributed by atoms with van der Waals surface area (Å²) in [6.07, 6.45) is -1.17. The molecule has 18 heavy (non-hydrogen) atoms. The molecule has 0 bridgehead atoms. The topological polar surface area (TPSA) is 22.4 Å². The van der Waals surface area contributed by atoms with Crippen LogP contribution in [0.4, 0.5) is 13.2 Å². The van der Waals surface area contributed by atoms with Crippen LogP contribution in [0.5, 0.6) is 5.75 Å². The lowest BCUT2D eigenvalue weighted by atomic mass is 9.99. The Morgan fingerprint density at radius 3 is 2.67 bits per heavy atom. The molecule has 93 valence electrons. The fourth-order valence-corrected chi connectivity index (χ4v) is 1.99. The molecule has 2 nitrogen and oxygen atoms in total. The molecule has 0 unspecified atom stereocenters. The Hall–Kier alpha value is -1.91. The highest BCUT2D eigenvalue weighted by molar-refractivity contribution is 5.73. The van der Waals surface area contributed by atoms with Crippen LogP contribution in [0.2, 0.25) is 0 Å². The van der Waals surface area contributed by atoms with Gasteiger partial charge >= 0.3 is 6.18 Å². The van der Waals surface area contributed by atoms with Gasteiger partial charge in [-0.05, 0) is 23.8 Å². The van der Waals surface area contributed by atoms with Gasteiger partial charge in [0.2, 0.25) is 0 Å². The second kappa shape index (κ2) is 3.80. The molecule has 1 radical (unpaired) electrons. The Labute approximate surface area is 101 Å². The summed E-state index contributed by atoms with van der Waals surface area (Å²) < 4.78 is 48.6. The van der Waals surface area contributed by atoms with E-state index in [1.807, 2.05) is 0 Å². The molecule has 0 spiro atoms. The first-order chi connectivity index (χ1) is 8.55. The van der Waals surface area contributed by atoms with Crippen LogP contribution in [0.3, 0.4) is 0 Å². The highest BCUT2D eigenvalue weighted by Crippen LogP contribution is 2.42. The zero-order valence-corrected chi connectivity index (χ0v) is 9.12. The molecule has 0 saturated carbocycles. The maximum absolute atomic E-state index is 12.8. The van der Waals surface area contributed by atoms with Crippen LogP contribution in [-0.2, 0) is 12.6 Å². The quantitative estimate of drug-likeness (QED) is 0.764. The van der Waals surface area contributed by atoms with Gasteiger partial charge in [0.1, 0.15) is 12.4 Å². The van der Waals surface area contributed by atoms with Crippen molar-refractivity contribution >= 4 is 0 Å². The summed E-state index contributed by atoms with van der Waals surface area (Å²) in [5.41, 5.74) is 0.854. The average Bonchev–Trinajstić information content (AvgIpc) is 2.97. The molecule has 0 amide bonds. The highest BCUT2D eigenvalue weighted by atomic mass is 19.4. The van der Waals surface area contributed by atoms with Gasteiger partial charge in [0, 0.05) is 17.5 Å². The molecule has 0 atom stereocenters. The number of alkyl halides is 3. The third-order valence-corrected chi connectivity index (χ3v) is 2.83. The van der Waals surface area contributed by atoms with E-state index in [1.54, 1.807) is 6.07 Å². The van der Waals surface area contributed by atoms with Gasteiger partial charge in [0.25, 0.3) is 0 Å². The Morgan fingerprint density at radius 1 is 1.17 bits per heavy atom. The van der Waals surface area contributed by atoms with Crippen LogP contribution in [-0.4, -0.2) is 0 Å². The first-order valence-corrected chi connectivity index (χ1v) is 5.31. The molecule has 0 fully saturated rings. The highest BCUT2D eigenvalue weighted by Gasteiger charge is 2.33. The van der Waals surface area contributed by atoms with Gasteiger partial charge in [-0.3, -0.25) is 0 Å². The Bertz CT molecular complexity index is 571. The lowest BCUT2D eigenvalue weighted by molar-refractivity contribution is -0.137. The van der Waals surface area contributed by atoms with Crippen LogP contribution in [0.15, 0.2) is 35.1 Å². The van der Waals surface area contributed by atoms with Crippen molar-refractivity contribution in [3.8, 4) is 16.9 Å². The van der Waals surface area contributed by atoms with Gasteiger partial charge in [0.05, 0.1) is 18.1 Å². The normalized spacial score (nSPS) is 14.4. The fraction of sp³-hybridized carbons (Fsp3) is 0.154. The molecule has 1 aromatic carbocycles. The number of ether oxygens (including phenoxy) is 1. The van der Waals surface area contributed by atoms with Gasteiger partial charge in [-0.25, -0.2) is 0 Å². The summed E-state index contributed by atoms with van der Waals surface area (Å²) in [6, 6.07) is 3.82. The number of benzene rings is 1. The smallest absolute Gasteiger partial charge is 0.416 e. The van der Waals surface area contributed by atoms with E-state index >= 15 is 0 Å². The molecule has 0 aliphatic carbocycles. The first-order valence-electron chi connectivity index (χ1n) is 5.31. The van der Waals surface area contributed by atoms with E-state index < -0.39 is 11.7 Å². The Balaban J connectivity index is 2.21. The van der Waals surface area contributed by atoms with Gasteiger partial charge in [0.15, 0.2) is 0 Å². The van der Waals surface area contributed by atoms with Crippen molar-refractivity contribution in [2.45, 2.75) is 12.6 Å². The zero-order valence-electron chi connectivity index (χ0n) is 9.12. The molecule has 1 aliphatic heterocycles. The minimum atomic E-state index is -4.36. The van der Waals surface area contributed by atoms with E-state index in [2.05, 4.69) is 0 Å². The lowest BCUT2D eigenvalue weighted by Gasteiger charge is -2.12. The number of fused-ring (bicyclic) bond motifs is 1. The molecular weight excluding hydrogens is 245 g/mol. The number of rotatable bonds is 1. The van der Waals surface area contributed by atoms with Crippen LogP contribution in [0, 0.1) is 6.61 Å². The van der Waals surface area contributed by atoms with Crippen molar-refractivity contribution < 1.29 is 22.3 Å². The average molecular weight is 253 g/mol. The largest absolute Gasteiger partial charge is 0.485 e. The number of furan rings is 1. The SMILES string of the molecule is FC(F)(F)c1cc2c(c(-c3ccoc3)c1)O[CH]C2. The maximum atomic E-state index is 12.8. The van der Waals surface area contributed by atoms with Crippen molar-refractivity contribution in [1.82, 2.24) is 0 Å². The van der Waals surface area contributed by atoms with Crippen molar-refractivity contribution in [3.63, 3.8) is 0 Å². The summed E-state index contributed by atoms with van der Waals surface area (Å²) in [4.78, 5) is 0. The van der Waals surface area contributed by atoms with Crippen LogP contribution in [0.25, 0.3) is 11.1 Å². The standard InChI is InChI=1S/C13H8F3O2/c14-13(15,16)10-5-8-2-4-18-12(8)11(6-10)9-1-3-17-7-9/h1,3-7H,2H2. The molecule has 0 saturated heterocycles. The van der Waals surface area contributed by atoms with Crippen molar-refractivity contribution in [3.05, 3.63) is 48.5 Å². The van der Waals surface area contributed by atoms with Crippen LogP contribution < -0.4 is 4.74 Å². The predicted molar refractivity (Wildman–Crippen MR) is 57.8 cm³/mol. The molecular formula is C13H8F3O2. The summed E-state index contributed by atoms with van der Waals surface area (Å²) in [5.74, 6) is 0.476. The molecule has 3 rings (SSSR count). The van der Waals surface area contributed by atoms with E-state index in [-0.39, 0.29) is 0 Å². The van der Waals surface area contributed by atoms with E-state index in [1.165, 1.54) is 19.1 Å². The number of halogens is 3. The van der Waals surface area contributed by atoms with Gasteiger partial charge in [-0.1, -0.05) is 0 Å².